The van der Waals surface area contributed by atoms with Gasteiger partial charge in [0.2, 0.25) is 0 Å². The fraction of sp³-hybridized carbons (Fsp3) is 0.692. The van der Waals surface area contributed by atoms with Crippen LogP contribution in [0, 0.1) is 5.92 Å². The van der Waals surface area contributed by atoms with Crippen LogP contribution in [-0.2, 0) is 13.5 Å². The number of rotatable bonds is 6. The number of nitrogens with one attached hydrogen (secondary N) is 2. The first-order valence-corrected chi connectivity index (χ1v) is 6.63. The predicted octanol–water partition coefficient (Wildman–Crippen LogP) is 1.51. The topological polar surface area (TPSA) is 79.2 Å². The summed E-state index contributed by atoms with van der Waals surface area (Å²) in [7, 11) is 1.80. The molecule has 0 aliphatic rings. The summed E-state index contributed by atoms with van der Waals surface area (Å²) in [5.41, 5.74) is 0.974. The van der Waals surface area contributed by atoms with E-state index >= 15 is 0 Å². The van der Waals surface area contributed by atoms with Gasteiger partial charge in [0, 0.05) is 13.1 Å². The Bertz CT molecular complexity index is 415. The Morgan fingerprint density at radius 2 is 2.16 bits per heavy atom. The van der Waals surface area contributed by atoms with Crippen LogP contribution >= 0.6 is 0 Å². The number of aliphatic hydroxyl groups is 1. The molecular formula is C13H24N4O2. The Balaban J connectivity index is 2.56. The number of carbonyl (C=O) groups is 1. The van der Waals surface area contributed by atoms with Gasteiger partial charge in [0.1, 0.15) is 5.82 Å². The van der Waals surface area contributed by atoms with Crippen LogP contribution in [0.25, 0.3) is 0 Å². The van der Waals surface area contributed by atoms with Gasteiger partial charge in [-0.2, -0.15) is 5.10 Å². The minimum absolute atomic E-state index is 0.0849. The number of aryl methyl sites for hydroxylation is 2. The number of nitrogens with zero attached hydrogens (tertiary/aromatic N) is 2. The van der Waals surface area contributed by atoms with Gasteiger partial charge in [-0.25, -0.2) is 4.79 Å². The lowest BCUT2D eigenvalue weighted by molar-refractivity contribution is 0.229. The molecule has 108 valence electrons. The van der Waals surface area contributed by atoms with E-state index in [0.717, 1.165) is 18.5 Å². The summed E-state index contributed by atoms with van der Waals surface area (Å²) in [6.07, 6.45) is 1.98. The maximum atomic E-state index is 11.6. The Labute approximate surface area is 114 Å². The van der Waals surface area contributed by atoms with Crippen LogP contribution in [0.1, 0.15) is 32.9 Å². The van der Waals surface area contributed by atoms with E-state index in [1.165, 1.54) is 0 Å². The molecule has 0 aromatic carbocycles. The molecule has 1 rings (SSSR count). The van der Waals surface area contributed by atoms with E-state index in [2.05, 4.69) is 29.6 Å². The summed E-state index contributed by atoms with van der Waals surface area (Å²) >= 11 is 0. The van der Waals surface area contributed by atoms with Gasteiger partial charge in [0.05, 0.1) is 18.3 Å². The van der Waals surface area contributed by atoms with E-state index in [9.17, 15) is 4.79 Å². The molecule has 19 heavy (non-hydrogen) atoms. The molecule has 0 saturated heterocycles. The molecule has 0 fully saturated rings. The molecule has 0 aliphatic heterocycles. The highest BCUT2D eigenvalue weighted by Crippen LogP contribution is 2.13. The van der Waals surface area contributed by atoms with Crippen molar-refractivity contribution in [3.05, 3.63) is 11.8 Å². The molecule has 1 heterocycles. The highest BCUT2D eigenvalue weighted by Gasteiger charge is 2.10. The minimum Gasteiger partial charge on any atom is -0.394 e. The average molecular weight is 268 g/mol. The number of urea groups is 1. The van der Waals surface area contributed by atoms with E-state index in [-0.39, 0.29) is 18.7 Å². The summed E-state index contributed by atoms with van der Waals surface area (Å²) in [6.45, 7) is 5.99. The van der Waals surface area contributed by atoms with Crippen molar-refractivity contribution in [2.75, 3.05) is 11.9 Å². The summed E-state index contributed by atoms with van der Waals surface area (Å²) in [5, 5.41) is 18.6. The molecule has 3 N–H and O–H groups in total. The Morgan fingerprint density at radius 3 is 2.74 bits per heavy atom. The summed E-state index contributed by atoms with van der Waals surface area (Å²) < 4.78 is 1.65. The largest absolute Gasteiger partial charge is 0.394 e. The van der Waals surface area contributed by atoms with Gasteiger partial charge in [0.25, 0.3) is 0 Å². The van der Waals surface area contributed by atoms with Crippen molar-refractivity contribution in [2.45, 2.75) is 39.7 Å². The molecule has 0 bridgehead atoms. The van der Waals surface area contributed by atoms with Gasteiger partial charge in [-0.05, 0) is 25.7 Å². The van der Waals surface area contributed by atoms with Crippen molar-refractivity contribution in [1.29, 1.82) is 0 Å². The minimum atomic E-state index is -0.333. The van der Waals surface area contributed by atoms with Crippen LogP contribution in [0.4, 0.5) is 10.6 Å². The number of aromatic nitrogens is 2. The van der Waals surface area contributed by atoms with Gasteiger partial charge in [0.15, 0.2) is 0 Å². The fourth-order valence-corrected chi connectivity index (χ4v) is 1.62. The van der Waals surface area contributed by atoms with Crippen LogP contribution < -0.4 is 10.6 Å². The normalized spacial score (nSPS) is 12.5. The van der Waals surface area contributed by atoms with Crippen molar-refractivity contribution < 1.29 is 9.90 Å². The molecule has 1 atom stereocenters. The number of amides is 2. The maximum absolute atomic E-state index is 11.6. The van der Waals surface area contributed by atoms with Crippen LogP contribution in [-0.4, -0.2) is 33.6 Å². The number of hydrogen-bond acceptors (Lipinski definition) is 3. The van der Waals surface area contributed by atoms with Crippen molar-refractivity contribution in [2.24, 2.45) is 13.0 Å². The number of carbonyl (C=O) groups excluding carboxylic acids is 1. The van der Waals surface area contributed by atoms with Gasteiger partial charge in [-0.15, -0.1) is 0 Å². The van der Waals surface area contributed by atoms with Crippen LogP contribution in [0.3, 0.4) is 0 Å². The maximum Gasteiger partial charge on any atom is 0.320 e. The first-order valence-electron chi connectivity index (χ1n) is 6.63. The van der Waals surface area contributed by atoms with Crippen molar-refractivity contribution >= 4 is 11.8 Å². The third-order valence-electron chi connectivity index (χ3n) is 2.80. The average Bonchev–Trinajstić information content (AvgIpc) is 2.67. The summed E-state index contributed by atoms with van der Waals surface area (Å²) in [4.78, 5) is 11.6. The quantitative estimate of drug-likeness (QED) is 0.731. The Hall–Kier alpha value is -1.56. The lowest BCUT2D eigenvalue weighted by atomic mass is 10.1. The van der Waals surface area contributed by atoms with Crippen molar-refractivity contribution in [1.82, 2.24) is 15.1 Å². The van der Waals surface area contributed by atoms with Crippen LogP contribution in [0.2, 0.25) is 0 Å². The molecular weight excluding hydrogens is 244 g/mol. The highest BCUT2D eigenvalue weighted by molar-refractivity contribution is 5.88. The molecule has 1 aromatic heterocycles. The molecule has 0 unspecified atom stereocenters. The molecule has 0 radical (unpaired) electrons. The summed E-state index contributed by atoms with van der Waals surface area (Å²) in [6, 6.07) is 1.28. The molecule has 6 nitrogen and oxygen atoms in total. The SMILES string of the molecule is CC(C)CCc1cc(NC(=O)N[C@@H](C)CO)n(C)n1. The standard InChI is InChI=1S/C13H24N4O2/c1-9(2)5-6-11-7-12(17(4)16-11)15-13(19)14-10(3)8-18/h7,9-10,18H,5-6,8H2,1-4H3,(H2,14,15,19)/t10-/m0/s1. The monoisotopic (exact) mass is 268 g/mol. The Morgan fingerprint density at radius 1 is 1.47 bits per heavy atom. The van der Waals surface area contributed by atoms with E-state index in [4.69, 9.17) is 5.11 Å². The van der Waals surface area contributed by atoms with Crippen LogP contribution in [0.5, 0.6) is 0 Å². The zero-order valence-electron chi connectivity index (χ0n) is 12.1. The number of aliphatic hydroxyl groups excluding tert-OH is 1. The number of hydrogen-bond donors (Lipinski definition) is 3. The molecule has 0 saturated carbocycles. The zero-order chi connectivity index (χ0) is 14.4. The van der Waals surface area contributed by atoms with Crippen molar-refractivity contribution in [3.8, 4) is 0 Å². The Kier molecular flexibility index (Phi) is 5.82. The highest BCUT2D eigenvalue weighted by atomic mass is 16.3. The lowest BCUT2D eigenvalue weighted by Crippen LogP contribution is -2.38. The second kappa shape index (κ2) is 7.13. The van der Waals surface area contributed by atoms with Gasteiger partial charge in [-0.1, -0.05) is 13.8 Å². The first kappa shape index (κ1) is 15.5. The second-order valence-electron chi connectivity index (χ2n) is 5.26. The van der Waals surface area contributed by atoms with E-state index in [1.807, 2.05) is 6.07 Å². The third kappa shape index (κ3) is 5.30. The zero-order valence-corrected chi connectivity index (χ0v) is 12.1. The molecule has 0 spiro atoms. The molecule has 6 heteroatoms. The summed E-state index contributed by atoms with van der Waals surface area (Å²) in [5.74, 6) is 1.29. The molecule has 0 aliphatic carbocycles. The van der Waals surface area contributed by atoms with E-state index in [1.54, 1.807) is 18.7 Å². The van der Waals surface area contributed by atoms with Gasteiger partial charge < -0.3 is 10.4 Å². The van der Waals surface area contributed by atoms with Crippen molar-refractivity contribution in [3.63, 3.8) is 0 Å². The van der Waals surface area contributed by atoms with E-state index < -0.39 is 0 Å². The second-order valence-corrected chi connectivity index (χ2v) is 5.26. The fourth-order valence-electron chi connectivity index (χ4n) is 1.62. The first-order chi connectivity index (χ1) is 8.92. The van der Waals surface area contributed by atoms with Gasteiger partial charge in [-0.3, -0.25) is 10.00 Å². The van der Waals surface area contributed by atoms with Crippen LogP contribution in [0.15, 0.2) is 6.07 Å². The molecule has 1 aromatic rings. The van der Waals surface area contributed by atoms with E-state index in [0.29, 0.717) is 11.7 Å². The third-order valence-corrected chi connectivity index (χ3v) is 2.80. The smallest absolute Gasteiger partial charge is 0.320 e. The lowest BCUT2D eigenvalue weighted by Gasteiger charge is -2.11. The number of anilines is 1. The molecule has 2 amide bonds. The predicted molar refractivity (Wildman–Crippen MR) is 75.1 cm³/mol. The van der Waals surface area contributed by atoms with Gasteiger partial charge >= 0.3 is 6.03 Å².